The van der Waals surface area contributed by atoms with Crippen molar-refractivity contribution >= 4 is 16.7 Å². The second-order valence-corrected chi connectivity index (χ2v) is 9.52. The van der Waals surface area contributed by atoms with Crippen molar-refractivity contribution < 1.29 is 13.9 Å². The zero-order valence-corrected chi connectivity index (χ0v) is 20.2. The average molecular weight is 467 g/mol. The van der Waals surface area contributed by atoms with Crippen LogP contribution in [0.1, 0.15) is 39.5 Å². The van der Waals surface area contributed by atoms with Crippen LogP contribution in [0.2, 0.25) is 0 Å². The molecule has 0 saturated carbocycles. The summed E-state index contributed by atoms with van der Waals surface area (Å²) in [6, 6.07) is 8.82. The number of likely N-dealkylation sites (tertiary alicyclic amines) is 1. The van der Waals surface area contributed by atoms with Crippen LogP contribution in [0, 0.1) is 12.0 Å². The van der Waals surface area contributed by atoms with Gasteiger partial charge in [-0.2, -0.15) is 0 Å². The van der Waals surface area contributed by atoms with E-state index >= 15 is 0 Å². The van der Waals surface area contributed by atoms with E-state index in [4.69, 9.17) is 14.6 Å². The van der Waals surface area contributed by atoms with Crippen molar-refractivity contribution in [3.8, 4) is 11.6 Å². The molecule has 0 aliphatic carbocycles. The SMILES string of the molecule is COC1CCN(C2CCN(c3c[c]nc4c3c(OC(C)C)nn4-c3ccc(F)cc3)CC2)CC1. The topological polar surface area (TPSA) is 55.6 Å². The third-order valence-electron chi connectivity index (χ3n) is 7.01. The Balaban J connectivity index is 1.41. The quantitative estimate of drug-likeness (QED) is 0.542. The van der Waals surface area contributed by atoms with E-state index in [0.717, 1.165) is 68.6 Å². The molecule has 34 heavy (non-hydrogen) atoms. The summed E-state index contributed by atoms with van der Waals surface area (Å²) in [5, 5.41) is 5.62. The van der Waals surface area contributed by atoms with Crippen molar-refractivity contribution in [2.75, 3.05) is 38.2 Å². The van der Waals surface area contributed by atoms with E-state index in [-0.39, 0.29) is 11.9 Å². The molecule has 4 heterocycles. The second kappa shape index (κ2) is 9.88. The Morgan fingerprint density at radius 1 is 1.03 bits per heavy atom. The zero-order valence-electron chi connectivity index (χ0n) is 20.2. The lowest BCUT2D eigenvalue weighted by atomic mass is 9.98. The summed E-state index contributed by atoms with van der Waals surface area (Å²) in [4.78, 5) is 9.57. The number of fused-ring (bicyclic) bond motifs is 1. The van der Waals surface area contributed by atoms with Gasteiger partial charge in [-0.15, -0.1) is 5.10 Å². The Morgan fingerprint density at radius 3 is 2.38 bits per heavy atom. The third kappa shape index (κ3) is 4.61. The number of benzene rings is 1. The van der Waals surface area contributed by atoms with Gasteiger partial charge in [-0.05, 0) is 69.9 Å². The molecule has 0 unspecified atom stereocenters. The van der Waals surface area contributed by atoms with Gasteiger partial charge in [0.1, 0.15) is 11.2 Å². The molecular weight excluding hydrogens is 433 g/mol. The molecule has 2 aromatic heterocycles. The van der Waals surface area contributed by atoms with Crippen molar-refractivity contribution in [2.45, 2.75) is 57.8 Å². The van der Waals surface area contributed by atoms with Gasteiger partial charge in [0.25, 0.3) is 0 Å². The number of piperidine rings is 2. The van der Waals surface area contributed by atoms with E-state index < -0.39 is 0 Å². The second-order valence-electron chi connectivity index (χ2n) is 9.52. The maximum atomic E-state index is 13.5. The number of aromatic nitrogens is 3. The van der Waals surface area contributed by atoms with E-state index in [1.165, 1.54) is 12.1 Å². The molecule has 0 atom stereocenters. The lowest BCUT2D eigenvalue weighted by molar-refractivity contribution is 0.0233. The summed E-state index contributed by atoms with van der Waals surface area (Å²) in [7, 11) is 1.82. The fourth-order valence-corrected chi connectivity index (χ4v) is 5.21. The highest BCUT2D eigenvalue weighted by molar-refractivity contribution is 5.95. The molecule has 7 nitrogen and oxygen atoms in total. The molecule has 0 bridgehead atoms. The number of rotatable bonds is 6. The van der Waals surface area contributed by atoms with Crippen molar-refractivity contribution in [1.29, 1.82) is 0 Å². The molecule has 2 saturated heterocycles. The Bertz CT molecular complexity index is 1100. The average Bonchev–Trinajstić information content (AvgIpc) is 3.22. The van der Waals surface area contributed by atoms with Crippen LogP contribution in [0.3, 0.4) is 0 Å². The normalized spacial score (nSPS) is 18.8. The summed E-state index contributed by atoms with van der Waals surface area (Å²) in [6.45, 7) is 8.14. The first-order valence-corrected chi connectivity index (χ1v) is 12.3. The summed E-state index contributed by atoms with van der Waals surface area (Å²) in [5.74, 6) is 0.267. The first kappa shape index (κ1) is 23.1. The number of hydrogen-bond donors (Lipinski definition) is 0. The van der Waals surface area contributed by atoms with Gasteiger partial charge < -0.3 is 19.3 Å². The van der Waals surface area contributed by atoms with Gasteiger partial charge in [-0.25, -0.2) is 14.1 Å². The number of methoxy groups -OCH3 is 1. The van der Waals surface area contributed by atoms with E-state index in [1.807, 2.05) is 27.0 Å². The molecule has 0 spiro atoms. The first-order chi connectivity index (χ1) is 16.5. The van der Waals surface area contributed by atoms with Gasteiger partial charge in [0, 0.05) is 39.3 Å². The number of anilines is 1. The van der Waals surface area contributed by atoms with Crippen LogP contribution in [0.25, 0.3) is 16.7 Å². The van der Waals surface area contributed by atoms with Crippen LogP contribution in [0.15, 0.2) is 30.3 Å². The van der Waals surface area contributed by atoms with Crippen LogP contribution in [0.4, 0.5) is 10.1 Å². The zero-order chi connectivity index (χ0) is 23.7. The van der Waals surface area contributed by atoms with E-state index in [2.05, 4.69) is 21.0 Å². The Kier molecular flexibility index (Phi) is 6.70. The Morgan fingerprint density at radius 2 is 1.74 bits per heavy atom. The highest BCUT2D eigenvalue weighted by Crippen LogP contribution is 2.36. The van der Waals surface area contributed by atoms with Crippen molar-refractivity contribution in [3.63, 3.8) is 0 Å². The van der Waals surface area contributed by atoms with Gasteiger partial charge in [0.15, 0.2) is 5.65 Å². The molecule has 0 N–H and O–H groups in total. The van der Waals surface area contributed by atoms with Crippen molar-refractivity contribution in [3.05, 3.63) is 42.3 Å². The third-order valence-corrected chi connectivity index (χ3v) is 7.01. The molecule has 8 heteroatoms. The van der Waals surface area contributed by atoms with Crippen LogP contribution in [-0.2, 0) is 4.74 Å². The summed E-state index contributed by atoms with van der Waals surface area (Å²) >= 11 is 0. The van der Waals surface area contributed by atoms with E-state index in [9.17, 15) is 4.39 Å². The maximum Gasteiger partial charge on any atom is 0.245 e. The van der Waals surface area contributed by atoms with Crippen LogP contribution < -0.4 is 9.64 Å². The molecular formula is C26H33FN5O2. The minimum atomic E-state index is -0.284. The van der Waals surface area contributed by atoms with E-state index in [1.54, 1.807) is 16.8 Å². The predicted molar refractivity (Wildman–Crippen MR) is 130 cm³/mol. The monoisotopic (exact) mass is 466 g/mol. The summed E-state index contributed by atoms with van der Waals surface area (Å²) in [5.41, 5.74) is 2.45. The fraction of sp³-hybridized carbons (Fsp3) is 0.538. The highest BCUT2D eigenvalue weighted by atomic mass is 19.1. The molecule has 2 aliphatic heterocycles. The van der Waals surface area contributed by atoms with Gasteiger partial charge in [-0.1, -0.05) is 0 Å². The molecule has 181 valence electrons. The first-order valence-electron chi connectivity index (χ1n) is 12.3. The molecule has 3 aromatic rings. The molecule has 1 aromatic carbocycles. The Hall–Kier alpha value is -2.71. The lowest BCUT2D eigenvalue weighted by Crippen LogP contribution is -2.48. The van der Waals surface area contributed by atoms with Crippen LogP contribution in [0.5, 0.6) is 5.88 Å². The van der Waals surface area contributed by atoms with Crippen LogP contribution >= 0.6 is 0 Å². The smallest absolute Gasteiger partial charge is 0.245 e. The lowest BCUT2D eigenvalue weighted by Gasteiger charge is -2.42. The number of nitrogens with zero attached hydrogens (tertiary/aromatic N) is 5. The van der Waals surface area contributed by atoms with Gasteiger partial charge in [0.05, 0.1) is 29.8 Å². The largest absolute Gasteiger partial charge is 0.473 e. The maximum absolute atomic E-state index is 13.5. The minimum absolute atomic E-state index is 0.0300. The van der Waals surface area contributed by atoms with E-state index in [0.29, 0.717) is 23.7 Å². The number of pyridine rings is 1. The molecule has 0 amide bonds. The fourth-order valence-electron chi connectivity index (χ4n) is 5.21. The highest BCUT2D eigenvalue weighted by Gasteiger charge is 2.30. The predicted octanol–water partition coefficient (Wildman–Crippen LogP) is 4.23. The number of halogens is 1. The minimum Gasteiger partial charge on any atom is -0.473 e. The standard InChI is InChI=1S/C26H33FN5O2/c1-18(2)34-26-24-23(8-13-28-25(24)32(29-26)21-6-4-19(27)5-7-21)31-14-9-20(10-15-31)30-16-11-22(33-3)12-17-30/h4-8,18,20,22H,9-12,14-17H2,1-3H3. The van der Waals surface area contributed by atoms with Gasteiger partial charge >= 0.3 is 0 Å². The number of hydrogen-bond acceptors (Lipinski definition) is 6. The molecule has 5 rings (SSSR count). The van der Waals surface area contributed by atoms with Crippen molar-refractivity contribution in [1.82, 2.24) is 19.7 Å². The molecule has 2 fully saturated rings. The molecule has 1 radical (unpaired) electrons. The molecule has 2 aliphatic rings. The van der Waals surface area contributed by atoms with Crippen molar-refractivity contribution in [2.24, 2.45) is 0 Å². The number of ether oxygens (including phenoxy) is 2. The van der Waals surface area contributed by atoms with Gasteiger partial charge in [-0.3, -0.25) is 0 Å². The summed E-state index contributed by atoms with van der Waals surface area (Å²) in [6.07, 6.45) is 7.93. The van der Waals surface area contributed by atoms with Crippen LogP contribution in [-0.4, -0.2) is 71.2 Å². The van der Waals surface area contributed by atoms with Gasteiger partial charge in [0.2, 0.25) is 5.88 Å². The summed E-state index contributed by atoms with van der Waals surface area (Å²) < 4.78 is 26.9. The Labute approximate surface area is 200 Å².